The van der Waals surface area contributed by atoms with Gasteiger partial charge in [0.2, 0.25) is 15.9 Å². The van der Waals surface area contributed by atoms with Crippen LogP contribution in [0.15, 0.2) is 24.3 Å². The molecule has 0 aromatic heterocycles. The lowest BCUT2D eigenvalue weighted by Gasteiger charge is -2.24. The minimum atomic E-state index is -3.60. The summed E-state index contributed by atoms with van der Waals surface area (Å²) in [4.78, 5) is 12.0. The van der Waals surface area contributed by atoms with Crippen LogP contribution in [0.3, 0.4) is 0 Å². The van der Waals surface area contributed by atoms with E-state index < -0.39 is 10.0 Å². The van der Waals surface area contributed by atoms with E-state index >= 15 is 0 Å². The molecular weight excluding hydrogens is 304 g/mol. The fourth-order valence-electron chi connectivity index (χ4n) is 1.83. The van der Waals surface area contributed by atoms with Crippen molar-refractivity contribution in [2.75, 3.05) is 30.3 Å². The van der Waals surface area contributed by atoms with Gasteiger partial charge in [-0.2, -0.15) is 0 Å². The first-order valence-corrected chi connectivity index (χ1v) is 9.06. The Labute approximate surface area is 132 Å². The molecule has 1 rings (SSSR count). The summed E-state index contributed by atoms with van der Waals surface area (Å²) in [5, 5.41) is 2.72. The van der Waals surface area contributed by atoms with Gasteiger partial charge in [0, 0.05) is 6.54 Å². The van der Waals surface area contributed by atoms with Crippen molar-refractivity contribution in [1.82, 2.24) is 5.32 Å². The molecule has 1 N–H and O–H groups in total. The zero-order chi connectivity index (χ0) is 16.8. The molecule has 0 heterocycles. The molecule has 1 aromatic rings. The molecule has 0 spiro atoms. The van der Waals surface area contributed by atoms with E-state index in [1.54, 1.807) is 24.3 Å². The van der Waals surface area contributed by atoms with E-state index in [0.717, 1.165) is 10.6 Å². The number of nitrogens with one attached hydrogen (secondary N) is 1. The van der Waals surface area contributed by atoms with Gasteiger partial charge in [-0.3, -0.25) is 9.10 Å². The Bertz CT molecular complexity index is 599. The summed E-state index contributed by atoms with van der Waals surface area (Å²) >= 11 is 0. The lowest BCUT2D eigenvalue weighted by atomic mass is 10.2. The molecule has 0 aliphatic heterocycles. The van der Waals surface area contributed by atoms with Crippen molar-refractivity contribution >= 4 is 21.6 Å². The third-order valence-electron chi connectivity index (χ3n) is 2.83. The Balaban J connectivity index is 3.03. The van der Waals surface area contributed by atoms with Gasteiger partial charge in [-0.1, -0.05) is 26.0 Å². The highest BCUT2D eigenvalue weighted by molar-refractivity contribution is 7.92. The number of anilines is 1. The number of rotatable bonds is 8. The summed E-state index contributed by atoms with van der Waals surface area (Å²) in [5.74, 6) is 0.392. The van der Waals surface area contributed by atoms with Crippen LogP contribution < -0.4 is 14.4 Å². The molecule has 0 saturated carbocycles. The van der Waals surface area contributed by atoms with E-state index in [4.69, 9.17) is 4.74 Å². The molecule has 0 unspecified atom stereocenters. The van der Waals surface area contributed by atoms with Gasteiger partial charge < -0.3 is 10.1 Å². The van der Waals surface area contributed by atoms with Gasteiger partial charge in [-0.15, -0.1) is 0 Å². The number of sulfonamides is 1. The van der Waals surface area contributed by atoms with E-state index in [2.05, 4.69) is 5.32 Å². The molecule has 6 nitrogen and oxygen atoms in total. The van der Waals surface area contributed by atoms with Gasteiger partial charge >= 0.3 is 0 Å². The summed E-state index contributed by atoms with van der Waals surface area (Å²) in [6.45, 7) is 6.41. The molecule has 0 bridgehead atoms. The number of para-hydroxylation sites is 2. The summed E-state index contributed by atoms with van der Waals surface area (Å²) in [7, 11) is -3.60. The maximum Gasteiger partial charge on any atom is 0.240 e. The number of hydrogen-bond donors (Lipinski definition) is 1. The van der Waals surface area contributed by atoms with Crippen LogP contribution >= 0.6 is 0 Å². The van der Waals surface area contributed by atoms with Gasteiger partial charge in [0.25, 0.3) is 0 Å². The molecule has 22 heavy (non-hydrogen) atoms. The molecule has 0 aliphatic carbocycles. The highest BCUT2D eigenvalue weighted by Gasteiger charge is 2.23. The number of carbonyl (C=O) groups is 1. The lowest BCUT2D eigenvalue weighted by molar-refractivity contribution is -0.119. The summed E-state index contributed by atoms with van der Waals surface area (Å²) in [6, 6.07) is 6.78. The number of hydrogen-bond acceptors (Lipinski definition) is 4. The van der Waals surface area contributed by atoms with Gasteiger partial charge in [-0.25, -0.2) is 8.42 Å². The number of ether oxygens (including phenoxy) is 1. The van der Waals surface area contributed by atoms with Gasteiger partial charge in [0.15, 0.2) is 0 Å². The van der Waals surface area contributed by atoms with Crippen LogP contribution in [0.1, 0.15) is 20.8 Å². The van der Waals surface area contributed by atoms with Crippen molar-refractivity contribution in [2.45, 2.75) is 20.8 Å². The molecule has 0 saturated heterocycles. The molecule has 1 amide bonds. The Kier molecular flexibility index (Phi) is 6.67. The van der Waals surface area contributed by atoms with Crippen molar-refractivity contribution in [3.8, 4) is 5.75 Å². The quantitative estimate of drug-likeness (QED) is 0.787. The monoisotopic (exact) mass is 328 g/mol. The molecule has 7 heteroatoms. The van der Waals surface area contributed by atoms with Gasteiger partial charge in [0.05, 0.1) is 18.6 Å². The highest BCUT2D eigenvalue weighted by Crippen LogP contribution is 2.29. The first kappa shape index (κ1) is 18.3. The molecule has 0 fully saturated rings. The van der Waals surface area contributed by atoms with E-state index in [9.17, 15) is 13.2 Å². The number of carbonyl (C=O) groups excluding carboxylic acids is 1. The topological polar surface area (TPSA) is 75.7 Å². The number of nitrogens with zero attached hydrogens (tertiary/aromatic N) is 1. The fraction of sp³-hybridized carbons (Fsp3) is 0.533. The second-order valence-electron chi connectivity index (χ2n) is 5.37. The van der Waals surface area contributed by atoms with Crippen molar-refractivity contribution < 1.29 is 17.9 Å². The third kappa shape index (κ3) is 5.55. The van der Waals surface area contributed by atoms with Crippen LogP contribution in [-0.2, 0) is 14.8 Å². The smallest absolute Gasteiger partial charge is 0.240 e. The van der Waals surface area contributed by atoms with Gasteiger partial charge in [0.1, 0.15) is 12.3 Å². The van der Waals surface area contributed by atoms with Crippen LogP contribution in [-0.4, -0.2) is 40.3 Å². The largest absolute Gasteiger partial charge is 0.492 e. The van der Waals surface area contributed by atoms with Crippen LogP contribution in [0.2, 0.25) is 0 Å². The SMILES string of the molecule is CCOc1ccccc1N(CC(=O)NCC(C)C)S(C)(=O)=O. The van der Waals surface area contributed by atoms with Crippen molar-refractivity contribution in [2.24, 2.45) is 5.92 Å². The predicted molar refractivity (Wildman–Crippen MR) is 87.6 cm³/mol. The molecule has 1 aromatic carbocycles. The Hall–Kier alpha value is -1.76. The maximum atomic E-state index is 12.1. The van der Waals surface area contributed by atoms with Crippen LogP contribution in [0.25, 0.3) is 0 Å². The predicted octanol–water partition coefficient (Wildman–Crippen LogP) is 1.62. The molecule has 0 atom stereocenters. The normalized spacial score (nSPS) is 11.3. The van der Waals surface area contributed by atoms with Crippen LogP contribution in [0.5, 0.6) is 5.75 Å². The Morgan fingerprint density at radius 1 is 1.32 bits per heavy atom. The van der Waals surface area contributed by atoms with E-state index in [0.29, 0.717) is 30.5 Å². The third-order valence-corrected chi connectivity index (χ3v) is 3.96. The second-order valence-corrected chi connectivity index (χ2v) is 7.28. The molecule has 124 valence electrons. The fourth-order valence-corrected chi connectivity index (χ4v) is 2.69. The van der Waals surface area contributed by atoms with Crippen molar-refractivity contribution in [1.29, 1.82) is 0 Å². The van der Waals surface area contributed by atoms with Crippen LogP contribution in [0.4, 0.5) is 5.69 Å². The zero-order valence-electron chi connectivity index (χ0n) is 13.5. The highest BCUT2D eigenvalue weighted by atomic mass is 32.2. The summed E-state index contributed by atoms with van der Waals surface area (Å²) in [5.41, 5.74) is 0.367. The molecule has 0 aliphatic rings. The van der Waals surface area contributed by atoms with Gasteiger partial charge in [-0.05, 0) is 25.0 Å². The number of amides is 1. The molecular formula is C15H24N2O4S. The maximum absolute atomic E-state index is 12.1. The average molecular weight is 328 g/mol. The Morgan fingerprint density at radius 2 is 1.95 bits per heavy atom. The first-order chi connectivity index (χ1) is 10.3. The van der Waals surface area contributed by atoms with E-state index in [1.807, 2.05) is 20.8 Å². The van der Waals surface area contributed by atoms with E-state index in [-0.39, 0.29) is 12.5 Å². The average Bonchev–Trinajstić information content (AvgIpc) is 2.42. The minimum absolute atomic E-state index is 0.268. The summed E-state index contributed by atoms with van der Waals surface area (Å²) in [6.07, 6.45) is 1.07. The summed E-state index contributed by atoms with van der Waals surface area (Å²) < 4.78 is 30.6. The second kappa shape index (κ2) is 8.03. The number of benzene rings is 1. The van der Waals surface area contributed by atoms with Crippen molar-refractivity contribution in [3.05, 3.63) is 24.3 Å². The Morgan fingerprint density at radius 3 is 2.50 bits per heavy atom. The van der Waals surface area contributed by atoms with E-state index in [1.165, 1.54) is 0 Å². The minimum Gasteiger partial charge on any atom is -0.492 e. The lowest BCUT2D eigenvalue weighted by Crippen LogP contribution is -2.41. The van der Waals surface area contributed by atoms with Crippen molar-refractivity contribution in [3.63, 3.8) is 0 Å². The molecule has 0 radical (unpaired) electrons. The zero-order valence-corrected chi connectivity index (χ0v) is 14.3. The first-order valence-electron chi connectivity index (χ1n) is 7.22. The standard InChI is InChI=1S/C15H24N2O4S/c1-5-21-14-9-7-6-8-13(14)17(22(4,19)20)11-15(18)16-10-12(2)3/h6-9,12H,5,10-11H2,1-4H3,(H,16,18). The van der Waals surface area contributed by atoms with Crippen LogP contribution in [0, 0.1) is 5.92 Å².